The number of carbonyl (C=O) groups excluding carboxylic acids is 1. The lowest BCUT2D eigenvalue weighted by molar-refractivity contribution is -0.151. The molecule has 0 saturated heterocycles. The minimum Gasteiger partial charge on any atom is -0.479 e. The highest BCUT2D eigenvalue weighted by Gasteiger charge is 2.16. The van der Waals surface area contributed by atoms with Gasteiger partial charge in [0.05, 0.1) is 6.61 Å². The summed E-state index contributed by atoms with van der Waals surface area (Å²) in [6.07, 6.45) is 1.07. The number of ether oxygens (including phenoxy) is 2. The second kappa shape index (κ2) is 6.89. The topological polar surface area (TPSA) is 35.5 Å². The van der Waals surface area contributed by atoms with Crippen molar-refractivity contribution in [2.24, 2.45) is 0 Å². The van der Waals surface area contributed by atoms with Crippen LogP contribution < -0.4 is 4.74 Å². The molecule has 0 N–H and O–H groups in total. The highest BCUT2D eigenvalue weighted by molar-refractivity contribution is 5.74. The molecule has 1 rings (SSSR count). The lowest BCUT2D eigenvalue weighted by Gasteiger charge is -2.13. The van der Waals surface area contributed by atoms with Gasteiger partial charge in [0.15, 0.2) is 6.10 Å². The van der Waals surface area contributed by atoms with Crippen molar-refractivity contribution in [1.29, 1.82) is 0 Å². The first-order valence-corrected chi connectivity index (χ1v) is 5.72. The van der Waals surface area contributed by atoms with Gasteiger partial charge in [0.2, 0.25) is 0 Å². The van der Waals surface area contributed by atoms with Crippen LogP contribution in [0.15, 0.2) is 24.3 Å². The average Bonchev–Trinajstić information content (AvgIpc) is 2.29. The van der Waals surface area contributed by atoms with E-state index in [0.717, 1.165) is 12.8 Å². The second-order valence-electron chi connectivity index (χ2n) is 3.74. The van der Waals surface area contributed by atoms with Gasteiger partial charge in [-0.25, -0.2) is 9.18 Å². The predicted octanol–water partition coefficient (Wildman–Crippen LogP) is 2.94. The van der Waals surface area contributed by atoms with Crippen LogP contribution in [0.25, 0.3) is 0 Å². The van der Waals surface area contributed by atoms with E-state index in [1.165, 1.54) is 18.2 Å². The van der Waals surface area contributed by atoms with E-state index in [-0.39, 0.29) is 0 Å². The van der Waals surface area contributed by atoms with Crippen molar-refractivity contribution in [1.82, 2.24) is 0 Å². The summed E-state index contributed by atoms with van der Waals surface area (Å²) in [5, 5.41) is 0. The van der Waals surface area contributed by atoms with Crippen LogP contribution in [0.1, 0.15) is 26.7 Å². The maximum Gasteiger partial charge on any atom is 0.347 e. The van der Waals surface area contributed by atoms with Crippen LogP contribution in [0.3, 0.4) is 0 Å². The van der Waals surface area contributed by atoms with Crippen molar-refractivity contribution in [2.75, 3.05) is 6.61 Å². The molecule has 0 fully saturated rings. The minimum atomic E-state index is -0.728. The molecule has 1 aromatic rings. The summed E-state index contributed by atoms with van der Waals surface area (Å²) >= 11 is 0. The molecule has 3 nitrogen and oxygen atoms in total. The third kappa shape index (κ3) is 4.85. The number of unbranched alkanes of at least 4 members (excludes halogenated alkanes) is 1. The van der Waals surface area contributed by atoms with Crippen LogP contribution in [0.5, 0.6) is 5.75 Å². The minimum absolute atomic E-state index is 0.324. The smallest absolute Gasteiger partial charge is 0.347 e. The molecule has 0 spiro atoms. The standard InChI is InChI=1S/C13H17FO3/c1-3-4-8-16-13(15)10(2)17-12-7-5-6-11(14)9-12/h5-7,9-10H,3-4,8H2,1-2H3. The third-order valence-electron chi connectivity index (χ3n) is 2.18. The zero-order valence-electron chi connectivity index (χ0n) is 10.1. The van der Waals surface area contributed by atoms with Crippen LogP contribution in [-0.2, 0) is 9.53 Å². The normalized spacial score (nSPS) is 11.9. The van der Waals surface area contributed by atoms with Gasteiger partial charge in [-0.2, -0.15) is 0 Å². The summed E-state index contributed by atoms with van der Waals surface area (Å²) in [6, 6.07) is 5.67. The maximum absolute atomic E-state index is 12.9. The molecule has 4 heteroatoms. The number of rotatable bonds is 6. The first-order valence-electron chi connectivity index (χ1n) is 5.72. The Morgan fingerprint density at radius 2 is 2.24 bits per heavy atom. The molecule has 0 saturated carbocycles. The molecular weight excluding hydrogens is 223 g/mol. The molecule has 0 aliphatic rings. The lowest BCUT2D eigenvalue weighted by atomic mass is 10.3. The van der Waals surface area contributed by atoms with Crippen molar-refractivity contribution >= 4 is 5.97 Å². The fraction of sp³-hybridized carbons (Fsp3) is 0.462. The quantitative estimate of drug-likeness (QED) is 0.566. The Morgan fingerprint density at radius 1 is 1.47 bits per heavy atom. The van der Waals surface area contributed by atoms with Crippen molar-refractivity contribution in [3.63, 3.8) is 0 Å². The predicted molar refractivity (Wildman–Crippen MR) is 62.4 cm³/mol. The summed E-state index contributed by atoms with van der Waals surface area (Å²) in [5.41, 5.74) is 0. The molecule has 0 aliphatic heterocycles. The Balaban J connectivity index is 2.43. The van der Waals surface area contributed by atoms with Gasteiger partial charge in [-0.3, -0.25) is 0 Å². The first-order chi connectivity index (χ1) is 8.13. The Bertz CT molecular complexity index is 365. The average molecular weight is 240 g/mol. The number of carbonyl (C=O) groups is 1. The molecule has 17 heavy (non-hydrogen) atoms. The van der Waals surface area contributed by atoms with Crippen molar-refractivity contribution in [3.8, 4) is 5.75 Å². The van der Waals surface area contributed by atoms with Crippen molar-refractivity contribution in [2.45, 2.75) is 32.8 Å². The van der Waals surface area contributed by atoms with Crippen molar-refractivity contribution in [3.05, 3.63) is 30.1 Å². The van der Waals surface area contributed by atoms with E-state index >= 15 is 0 Å². The number of halogens is 1. The van der Waals surface area contributed by atoms with E-state index in [9.17, 15) is 9.18 Å². The van der Waals surface area contributed by atoms with E-state index in [0.29, 0.717) is 12.4 Å². The molecule has 0 heterocycles. The van der Waals surface area contributed by atoms with Gasteiger partial charge in [-0.1, -0.05) is 19.4 Å². The van der Waals surface area contributed by atoms with E-state index in [1.807, 2.05) is 6.92 Å². The highest BCUT2D eigenvalue weighted by Crippen LogP contribution is 2.14. The molecular formula is C13H17FO3. The number of hydrogen-bond donors (Lipinski definition) is 0. The third-order valence-corrected chi connectivity index (χ3v) is 2.18. The zero-order valence-corrected chi connectivity index (χ0v) is 10.1. The second-order valence-corrected chi connectivity index (χ2v) is 3.74. The molecule has 1 atom stereocenters. The zero-order chi connectivity index (χ0) is 12.7. The SMILES string of the molecule is CCCCOC(=O)C(C)Oc1cccc(F)c1. The molecule has 0 aliphatic carbocycles. The fourth-order valence-corrected chi connectivity index (χ4v) is 1.23. The Labute approximate surface area is 101 Å². The van der Waals surface area contributed by atoms with Crippen LogP contribution in [0.2, 0.25) is 0 Å². The van der Waals surface area contributed by atoms with E-state index in [2.05, 4.69) is 0 Å². The summed E-state index contributed by atoms with van der Waals surface area (Å²) < 4.78 is 23.1. The fourth-order valence-electron chi connectivity index (χ4n) is 1.23. The van der Waals surface area contributed by atoms with Gasteiger partial charge in [0.25, 0.3) is 0 Å². The summed E-state index contributed by atoms with van der Waals surface area (Å²) in [4.78, 5) is 11.5. The molecule has 0 amide bonds. The summed E-state index contributed by atoms with van der Waals surface area (Å²) in [7, 11) is 0. The molecule has 1 unspecified atom stereocenters. The van der Waals surface area contributed by atoms with Crippen LogP contribution in [0.4, 0.5) is 4.39 Å². The molecule has 1 aromatic carbocycles. The summed E-state index contributed by atoms with van der Waals surface area (Å²) in [6.45, 7) is 3.99. The summed E-state index contributed by atoms with van der Waals surface area (Å²) in [5.74, 6) is -0.498. The Morgan fingerprint density at radius 3 is 2.88 bits per heavy atom. The largest absolute Gasteiger partial charge is 0.479 e. The number of benzene rings is 1. The lowest BCUT2D eigenvalue weighted by Crippen LogP contribution is -2.26. The van der Waals surface area contributed by atoms with Gasteiger partial charge in [-0.05, 0) is 25.5 Å². The van der Waals surface area contributed by atoms with Gasteiger partial charge in [0, 0.05) is 6.07 Å². The molecule has 94 valence electrons. The first kappa shape index (κ1) is 13.5. The van der Waals surface area contributed by atoms with Crippen LogP contribution in [-0.4, -0.2) is 18.7 Å². The molecule has 0 aromatic heterocycles. The van der Waals surface area contributed by atoms with E-state index in [4.69, 9.17) is 9.47 Å². The Hall–Kier alpha value is -1.58. The van der Waals surface area contributed by atoms with Gasteiger partial charge in [-0.15, -0.1) is 0 Å². The monoisotopic (exact) mass is 240 g/mol. The maximum atomic E-state index is 12.9. The van der Waals surface area contributed by atoms with Gasteiger partial charge >= 0.3 is 5.97 Å². The van der Waals surface area contributed by atoms with Gasteiger partial charge < -0.3 is 9.47 Å². The van der Waals surface area contributed by atoms with E-state index < -0.39 is 17.9 Å². The van der Waals surface area contributed by atoms with Gasteiger partial charge in [0.1, 0.15) is 11.6 Å². The Kier molecular flexibility index (Phi) is 5.46. The van der Waals surface area contributed by atoms with E-state index in [1.54, 1.807) is 13.0 Å². The van der Waals surface area contributed by atoms with Crippen LogP contribution in [0, 0.1) is 5.82 Å². The number of hydrogen-bond acceptors (Lipinski definition) is 3. The highest BCUT2D eigenvalue weighted by atomic mass is 19.1. The van der Waals surface area contributed by atoms with Crippen molar-refractivity contribution < 1.29 is 18.7 Å². The molecule has 0 radical (unpaired) electrons. The van der Waals surface area contributed by atoms with Crippen LogP contribution >= 0.6 is 0 Å². The number of esters is 1. The molecule has 0 bridgehead atoms.